The van der Waals surface area contributed by atoms with Crippen molar-refractivity contribution in [3.05, 3.63) is 36.2 Å². The van der Waals surface area contributed by atoms with Crippen LogP contribution in [0.25, 0.3) is 5.69 Å². The lowest BCUT2D eigenvalue weighted by atomic mass is 10.1. The summed E-state index contributed by atoms with van der Waals surface area (Å²) in [5.74, 6) is 1.41. The number of benzene rings is 1. The summed E-state index contributed by atoms with van der Waals surface area (Å²) >= 11 is 0. The van der Waals surface area contributed by atoms with Gasteiger partial charge in [0.05, 0.1) is 5.69 Å². The van der Waals surface area contributed by atoms with Crippen molar-refractivity contribution in [3.8, 4) is 5.69 Å². The fourth-order valence-electron chi connectivity index (χ4n) is 1.84. The summed E-state index contributed by atoms with van der Waals surface area (Å²) in [6.45, 7) is 3.14. The van der Waals surface area contributed by atoms with Crippen molar-refractivity contribution in [2.45, 2.75) is 13.3 Å². The van der Waals surface area contributed by atoms with Gasteiger partial charge in [-0.05, 0) is 42.1 Å². The quantitative estimate of drug-likeness (QED) is 0.836. The summed E-state index contributed by atoms with van der Waals surface area (Å²) in [6.07, 6.45) is 0.864. The Labute approximate surface area is 101 Å². The molecular formula is C12H17N5. The van der Waals surface area contributed by atoms with Gasteiger partial charge in [-0.1, -0.05) is 25.1 Å². The Morgan fingerprint density at radius 2 is 2.06 bits per heavy atom. The number of tetrazole rings is 1. The van der Waals surface area contributed by atoms with Gasteiger partial charge in [0.15, 0.2) is 5.82 Å². The van der Waals surface area contributed by atoms with Crippen LogP contribution in [0.1, 0.15) is 12.7 Å². The largest absolute Gasteiger partial charge is 0.319 e. The molecule has 0 bridgehead atoms. The molecule has 1 unspecified atom stereocenters. The molecule has 0 amide bonds. The van der Waals surface area contributed by atoms with Crippen LogP contribution in [-0.4, -0.2) is 33.8 Å². The first kappa shape index (κ1) is 11.7. The average molecular weight is 231 g/mol. The van der Waals surface area contributed by atoms with Gasteiger partial charge in [-0.15, -0.1) is 5.10 Å². The van der Waals surface area contributed by atoms with E-state index in [4.69, 9.17) is 0 Å². The third-order valence-corrected chi connectivity index (χ3v) is 2.62. The fourth-order valence-corrected chi connectivity index (χ4v) is 1.84. The van der Waals surface area contributed by atoms with Crippen molar-refractivity contribution in [2.24, 2.45) is 5.92 Å². The molecular weight excluding hydrogens is 214 g/mol. The second-order valence-electron chi connectivity index (χ2n) is 4.21. The summed E-state index contributed by atoms with van der Waals surface area (Å²) in [7, 11) is 1.96. The molecule has 0 radical (unpaired) electrons. The number of nitrogens with one attached hydrogen (secondary N) is 1. The van der Waals surface area contributed by atoms with Crippen molar-refractivity contribution >= 4 is 0 Å². The SMILES string of the molecule is CNCC(C)Cc1nnnn1-c1ccccc1. The van der Waals surface area contributed by atoms with E-state index >= 15 is 0 Å². The Hall–Kier alpha value is -1.75. The predicted molar refractivity (Wildman–Crippen MR) is 65.9 cm³/mol. The highest BCUT2D eigenvalue weighted by molar-refractivity contribution is 5.30. The number of rotatable bonds is 5. The molecule has 5 nitrogen and oxygen atoms in total. The van der Waals surface area contributed by atoms with E-state index in [-0.39, 0.29) is 0 Å². The molecule has 0 aliphatic rings. The third kappa shape index (κ3) is 2.88. The van der Waals surface area contributed by atoms with Crippen LogP contribution in [0.2, 0.25) is 0 Å². The van der Waals surface area contributed by atoms with Crippen LogP contribution in [0.15, 0.2) is 30.3 Å². The maximum atomic E-state index is 4.09. The van der Waals surface area contributed by atoms with Crippen molar-refractivity contribution in [1.29, 1.82) is 0 Å². The first-order valence-electron chi connectivity index (χ1n) is 5.78. The van der Waals surface area contributed by atoms with Crippen LogP contribution in [0.4, 0.5) is 0 Å². The van der Waals surface area contributed by atoms with E-state index in [2.05, 4.69) is 27.8 Å². The molecule has 0 spiro atoms. The standard InChI is InChI=1S/C12H17N5/c1-10(9-13-2)8-12-14-15-16-17(12)11-6-4-3-5-7-11/h3-7,10,13H,8-9H2,1-2H3. The van der Waals surface area contributed by atoms with E-state index in [1.165, 1.54) is 0 Å². The molecule has 2 rings (SSSR count). The number of aromatic nitrogens is 4. The molecule has 1 N–H and O–H groups in total. The van der Waals surface area contributed by atoms with Gasteiger partial charge in [-0.3, -0.25) is 0 Å². The van der Waals surface area contributed by atoms with Crippen LogP contribution >= 0.6 is 0 Å². The topological polar surface area (TPSA) is 55.6 Å². The van der Waals surface area contributed by atoms with Gasteiger partial charge in [0.2, 0.25) is 0 Å². The van der Waals surface area contributed by atoms with Gasteiger partial charge in [0.25, 0.3) is 0 Å². The van der Waals surface area contributed by atoms with Gasteiger partial charge >= 0.3 is 0 Å². The second-order valence-corrected chi connectivity index (χ2v) is 4.21. The lowest BCUT2D eigenvalue weighted by molar-refractivity contribution is 0.521. The molecule has 1 atom stereocenters. The van der Waals surface area contributed by atoms with Crippen molar-refractivity contribution < 1.29 is 0 Å². The first-order valence-corrected chi connectivity index (χ1v) is 5.78. The Kier molecular flexibility index (Phi) is 3.82. The lowest BCUT2D eigenvalue weighted by Gasteiger charge is -2.10. The van der Waals surface area contributed by atoms with E-state index in [0.717, 1.165) is 24.5 Å². The highest BCUT2D eigenvalue weighted by atomic mass is 15.5. The van der Waals surface area contributed by atoms with E-state index in [1.807, 2.05) is 37.4 Å². The molecule has 1 aromatic carbocycles. The average Bonchev–Trinajstić information content (AvgIpc) is 2.78. The Morgan fingerprint density at radius 1 is 1.29 bits per heavy atom. The molecule has 0 aliphatic heterocycles. The van der Waals surface area contributed by atoms with Crippen molar-refractivity contribution in [2.75, 3.05) is 13.6 Å². The highest BCUT2D eigenvalue weighted by Gasteiger charge is 2.11. The van der Waals surface area contributed by atoms with Crippen molar-refractivity contribution in [3.63, 3.8) is 0 Å². The summed E-state index contributed by atoms with van der Waals surface area (Å²) in [4.78, 5) is 0. The molecule has 0 aliphatic carbocycles. The van der Waals surface area contributed by atoms with Crippen LogP contribution in [-0.2, 0) is 6.42 Å². The fraction of sp³-hybridized carbons (Fsp3) is 0.417. The normalized spacial score (nSPS) is 12.6. The van der Waals surface area contributed by atoms with Crippen LogP contribution < -0.4 is 5.32 Å². The Bertz CT molecular complexity index is 451. The van der Waals surface area contributed by atoms with E-state index < -0.39 is 0 Å². The number of hydrogen-bond donors (Lipinski definition) is 1. The van der Waals surface area contributed by atoms with Crippen LogP contribution in [0.3, 0.4) is 0 Å². The van der Waals surface area contributed by atoms with E-state index in [1.54, 1.807) is 4.68 Å². The van der Waals surface area contributed by atoms with E-state index in [0.29, 0.717) is 5.92 Å². The molecule has 90 valence electrons. The third-order valence-electron chi connectivity index (χ3n) is 2.62. The van der Waals surface area contributed by atoms with Crippen LogP contribution in [0, 0.1) is 5.92 Å². The first-order chi connectivity index (χ1) is 8.31. The number of para-hydroxylation sites is 1. The zero-order chi connectivity index (χ0) is 12.1. The van der Waals surface area contributed by atoms with E-state index in [9.17, 15) is 0 Å². The van der Waals surface area contributed by atoms with Gasteiger partial charge in [-0.2, -0.15) is 4.68 Å². The van der Waals surface area contributed by atoms with Gasteiger partial charge < -0.3 is 5.32 Å². The number of nitrogens with zero attached hydrogens (tertiary/aromatic N) is 4. The summed E-state index contributed by atoms with van der Waals surface area (Å²) < 4.78 is 1.80. The summed E-state index contributed by atoms with van der Waals surface area (Å²) in [5.41, 5.74) is 1.00. The minimum absolute atomic E-state index is 0.508. The Balaban J connectivity index is 2.18. The molecule has 0 fully saturated rings. The number of hydrogen-bond acceptors (Lipinski definition) is 4. The lowest BCUT2D eigenvalue weighted by Crippen LogP contribution is -2.19. The minimum atomic E-state index is 0.508. The Morgan fingerprint density at radius 3 is 2.76 bits per heavy atom. The molecule has 0 saturated carbocycles. The zero-order valence-corrected chi connectivity index (χ0v) is 10.2. The van der Waals surface area contributed by atoms with Gasteiger partial charge in [-0.25, -0.2) is 0 Å². The molecule has 5 heteroatoms. The van der Waals surface area contributed by atoms with Gasteiger partial charge in [0, 0.05) is 6.42 Å². The maximum absolute atomic E-state index is 4.09. The van der Waals surface area contributed by atoms with Crippen molar-refractivity contribution in [1.82, 2.24) is 25.5 Å². The predicted octanol–water partition coefficient (Wildman–Crippen LogP) is 1.06. The molecule has 1 aromatic heterocycles. The van der Waals surface area contributed by atoms with Crippen LogP contribution in [0.5, 0.6) is 0 Å². The molecule has 17 heavy (non-hydrogen) atoms. The van der Waals surface area contributed by atoms with Gasteiger partial charge in [0.1, 0.15) is 0 Å². The zero-order valence-electron chi connectivity index (χ0n) is 10.2. The monoisotopic (exact) mass is 231 g/mol. The summed E-state index contributed by atoms with van der Waals surface area (Å²) in [6, 6.07) is 9.96. The second kappa shape index (κ2) is 5.54. The maximum Gasteiger partial charge on any atom is 0.157 e. The molecule has 0 saturated heterocycles. The molecule has 1 heterocycles. The minimum Gasteiger partial charge on any atom is -0.319 e. The summed E-state index contributed by atoms with van der Waals surface area (Å²) in [5, 5.41) is 15.0. The smallest absolute Gasteiger partial charge is 0.157 e. The highest BCUT2D eigenvalue weighted by Crippen LogP contribution is 2.10. The molecule has 2 aromatic rings.